The molecule has 2 aromatic carbocycles. The standard InChI is InChI=1S/C24H27N3/c1-2-7-20(8-3-1)21-10-12-22(13-11-21)24(19-23-9-4-5-15-26-23)27-17-6-14-25-16-18-27/h1-5,7-13,15,24-25H,6,14,16-19H2. The lowest BCUT2D eigenvalue weighted by atomic mass is 9.96. The second kappa shape index (κ2) is 8.94. The van der Waals surface area contributed by atoms with Gasteiger partial charge >= 0.3 is 0 Å². The van der Waals surface area contributed by atoms with Crippen LogP contribution in [-0.4, -0.2) is 36.1 Å². The second-order valence-corrected chi connectivity index (χ2v) is 7.17. The van der Waals surface area contributed by atoms with E-state index in [0.717, 1.165) is 38.3 Å². The Morgan fingerprint density at radius 3 is 2.37 bits per heavy atom. The van der Waals surface area contributed by atoms with Gasteiger partial charge in [-0.05, 0) is 41.8 Å². The van der Waals surface area contributed by atoms with Gasteiger partial charge in [0, 0.05) is 44.0 Å². The molecule has 1 fully saturated rings. The number of pyridine rings is 1. The van der Waals surface area contributed by atoms with E-state index in [1.54, 1.807) is 0 Å². The SMILES string of the molecule is c1ccc(-c2ccc(C(Cc3ccccn3)N3CCCNCC3)cc2)cc1. The number of rotatable bonds is 5. The Kier molecular flexibility index (Phi) is 5.92. The topological polar surface area (TPSA) is 28.2 Å². The van der Waals surface area contributed by atoms with Gasteiger partial charge in [0.05, 0.1) is 0 Å². The van der Waals surface area contributed by atoms with Crippen molar-refractivity contribution in [3.05, 3.63) is 90.3 Å². The lowest BCUT2D eigenvalue weighted by Gasteiger charge is -2.31. The average molecular weight is 358 g/mol. The molecule has 4 rings (SSSR count). The number of hydrogen-bond donors (Lipinski definition) is 1. The highest BCUT2D eigenvalue weighted by atomic mass is 15.2. The first kappa shape index (κ1) is 17.9. The van der Waals surface area contributed by atoms with Crippen molar-refractivity contribution in [3.63, 3.8) is 0 Å². The monoisotopic (exact) mass is 357 g/mol. The highest BCUT2D eigenvalue weighted by Crippen LogP contribution is 2.28. The molecule has 1 N–H and O–H groups in total. The van der Waals surface area contributed by atoms with Gasteiger partial charge < -0.3 is 5.32 Å². The summed E-state index contributed by atoms with van der Waals surface area (Å²) < 4.78 is 0. The molecule has 0 bridgehead atoms. The zero-order chi connectivity index (χ0) is 18.3. The molecule has 3 aromatic rings. The molecule has 3 heteroatoms. The van der Waals surface area contributed by atoms with E-state index >= 15 is 0 Å². The smallest absolute Gasteiger partial charge is 0.0422 e. The molecule has 1 aliphatic rings. The molecule has 3 nitrogen and oxygen atoms in total. The largest absolute Gasteiger partial charge is 0.315 e. The number of aromatic nitrogens is 1. The van der Waals surface area contributed by atoms with Crippen LogP contribution in [0.4, 0.5) is 0 Å². The molecule has 1 saturated heterocycles. The van der Waals surface area contributed by atoms with Crippen LogP contribution in [0.3, 0.4) is 0 Å². The van der Waals surface area contributed by atoms with E-state index in [1.807, 2.05) is 12.3 Å². The van der Waals surface area contributed by atoms with E-state index in [0.29, 0.717) is 6.04 Å². The van der Waals surface area contributed by atoms with Crippen LogP contribution in [0.15, 0.2) is 79.0 Å². The zero-order valence-electron chi connectivity index (χ0n) is 15.7. The fourth-order valence-corrected chi connectivity index (χ4v) is 3.88. The predicted molar refractivity (Wildman–Crippen MR) is 112 cm³/mol. The molecule has 1 unspecified atom stereocenters. The van der Waals surface area contributed by atoms with Gasteiger partial charge in [-0.3, -0.25) is 9.88 Å². The average Bonchev–Trinajstić information content (AvgIpc) is 3.03. The molecule has 1 aromatic heterocycles. The molecule has 1 aliphatic heterocycles. The highest BCUT2D eigenvalue weighted by Gasteiger charge is 2.22. The Hall–Kier alpha value is -2.49. The number of nitrogens with one attached hydrogen (secondary N) is 1. The Morgan fingerprint density at radius 2 is 1.59 bits per heavy atom. The van der Waals surface area contributed by atoms with Crippen molar-refractivity contribution in [2.45, 2.75) is 18.9 Å². The third-order valence-corrected chi connectivity index (χ3v) is 5.35. The Morgan fingerprint density at radius 1 is 0.815 bits per heavy atom. The van der Waals surface area contributed by atoms with Crippen LogP contribution >= 0.6 is 0 Å². The fraction of sp³-hybridized carbons (Fsp3) is 0.292. The van der Waals surface area contributed by atoms with E-state index in [-0.39, 0.29) is 0 Å². The summed E-state index contributed by atoms with van der Waals surface area (Å²) in [6, 6.07) is 26.3. The summed E-state index contributed by atoms with van der Waals surface area (Å²) in [5, 5.41) is 3.52. The van der Waals surface area contributed by atoms with Crippen molar-refractivity contribution < 1.29 is 0 Å². The maximum absolute atomic E-state index is 4.59. The molecule has 0 amide bonds. The molecular weight excluding hydrogens is 330 g/mol. The minimum absolute atomic E-state index is 0.365. The van der Waals surface area contributed by atoms with E-state index < -0.39 is 0 Å². The van der Waals surface area contributed by atoms with Crippen molar-refractivity contribution in [1.82, 2.24) is 15.2 Å². The van der Waals surface area contributed by atoms with Crippen molar-refractivity contribution >= 4 is 0 Å². The predicted octanol–water partition coefficient (Wildman–Crippen LogP) is 4.33. The minimum atomic E-state index is 0.365. The summed E-state index contributed by atoms with van der Waals surface area (Å²) in [4.78, 5) is 7.20. The van der Waals surface area contributed by atoms with Crippen molar-refractivity contribution in [2.75, 3.05) is 26.2 Å². The minimum Gasteiger partial charge on any atom is -0.315 e. The summed E-state index contributed by atoms with van der Waals surface area (Å²) in [5.74, 6) is 0. The Labute approximate surface area is 162 Å². The highest BCUT2D eigenvalue weighted by molar-refractivity contribution is 5.63. The molecule has 0 aliphatic carbocycles. The van der Waals surface area contributed by atoms with Gasteiger partial charge in [0.1, 0.15) is 0 Å². The quantitative estimate of drug-likeness (QED) is 0.737. The molecule has 2 heterocycles. The summed E-state index contributed by atoms with van der Waals surface area (Å²) in [5.41, 5.74) is 5.08. The first-order valence-electron chi connectivity index (χ1n) is 9.90. The lowest BCUT2D eigenvalue weighted by molar-refractivity contribution is 0.208. The molecule has 0 saturated carbocycles. The van der Waals surface area contributed by atoms with Crippen LogP contribution in [0.1, 0.15) is 23.7 Å². The van der Waals surface area contributed by atoms with Crippen LogP contribution in [0, 0.1) is 0 Å². The second-order valence-electron chi connectivity index (χ2n) is 7.17. The van der Waals surface area contributed by atoms with Crippen LogP contribution in [-0.2, 0) is 6.42 Å². The van der Waals surface area contributed by atoms with Gasteiger partial charge in [-0.25, -0.2) is 0 Å². The molecule has 0 spiro atoms. The summed E-state index contributed by atoms with van der Waals surface area (Å²) in [6.45, 7) is 4.38. The van der Waals surface area contributed by atoms with Crippen LogP contribution in [0.5, 0.6) is 0 Å². The van der Waals surface area contributed by atoms with Crippen molar-refractivity contribution in [1.29, 1.82) is 0 Å². The van der Waals surface area contributed by atoms with Gasteiger partial charge in [-0.2, -0.15) is 0 Å². The van der Waals surface area contributed by atoms with E-state index in [4.69, 9.17) is 0 Å². The van der Waals surface area contributed by atoms with E-state index in [1.165, 1.54) is 23.1 Å². The Bertz CT molecular complexity index is 807. The van der Waals surface area contributed by atoms with E-state index in [9.17, 15) is 0 Å². The van der Waals surface area contributed by atoms with Gasteiger partial charge in [-0.15, -0.1) is 0 Å². The first-order valence-corrected chi connectivity index (χ1v) is 9.90. The van der Waals surface area contributed by atoms with Gasteiger partial charge in [0.2, 0.25) is 0 Å². The van der Waals surface area contributed by atoms with Crippen LogP contribution in [0.2, 0.25) is 0 Å². The summed E-state index contributed by atoms with van der Waals surface area (Å²) in [7, 11) is 0. The first-order chi connectivity index (χ1) is 13.4. The van der Waals surface area contributed by atoms with Crippen molar-refractivity contribution in [2.24, 2.45) is 0 Å². The van der Waals surface area contributed by atoms with Crippen molar-refractivity contribution in [3.8, 4) is 11.1 Å². The number of hydrogen-bond acceptors (Lipinski definition) is 3. The van der Waals surface area contributed by atoms with Gasteiger partial charge in [0.25, 0.3) is 0 Å². The Balaban J connectivity index is 1.61. The van der Waals surface area contributed by atoms with Crippen LogP contribution in [0.25, 0.3) is 11.1 Å². The summed E-state index contributed by atoms with van der Waals surface area (Å²) in [6.07, 6.45) is 4.04. The number of nitrogens with zero attached hydrogens (tertiary/aromatic N) is 2. The third-order valence-electron chi connectivity index (χ3n) is 5.35. The molecule has 27 heavy (non-hydrogen) atoms. The lowest BCUT2D eigenvalue weighted by Crippen LogP contribution is -2.33. The maximum atomic E-state index is 4.59. The molecule has 138 valence electrons. The molecular formula is C24H27N3. The van der Waals surface area contributed by atoms with E-state index in [2.05, 4.69) is 81.9 Å². The third kappa shape index (κ3) is 4.62. The van der Waals surface area contributed by atoms with Gasteiger partial charge in [-0.1, -0.05) is 60.7 Å². The number of benzene rings is 2. The fourth-order valence-electron chi connectivity index (χ4n) is 3.88. The molecule has 1 atom stereocenters. The summed E-state index contributed by atoms with van der Waals surface area (Å²) >= 11 is 0. The van der Waals surface area contributed by atoms with Gasteiger partial charge in [0.15, 0.2) is 0 Å². The zero-order valence-corrected chi connectivity index (χ0v) is 15.7. The molecule has 0 radical (unpaired) electrons. The maximum Gasteiger partial charge on any atom is 0.0422 e. The normalized spacial score (nSPS) is 16.6. The van der Waals surface area contributed by atoms with Crippen LogP contribution < -0.4 is 5.32 Å².